The average molecular weight is 252 g/mol. The molecule has 1 heterocycles. The van der Waals surface area contributed by atoms with Crippen molar-refractivity contribution in [1.82, 2.24) is 10.2 Å². The van der Waals surface area contributed by atoms with Crippen LogP contribution in [0.25, 0.3) is 0 Å². The first-order valence-electron chi connectivity index (χ1n) is 8.32. The van der Waals surface area contributed by atoms with E-state index in [2.05, 4.69) is 17.1 Å². The van der Waals surface area contributed by atoms with Gasteiger partial charge in [-0.1, -0.05) is 45.4 Å². The second kappa shape index (κ2) is 7.49. The Bertz CT molecular complexity index is 221. The number of hydrogen-bond acceptors (Lipinski definition) is 2. The average Bonchev–Trinajstić information content (AvgIpc) is 2.72. The molecule has 2 rings (SSSR count). The molecule has 106 valence electrons. The van der Waals surface area contributed by atoms with Crippen LogP contribution in [0.5, 0.6) is 0 Å². The van der Waals surface area contributed by atoms with Gasteiger partial charge in [0.2, 0.25) is 0 Å². The largest absolute Gasteiger partial charge is 0.310 e. The second-order valence-electron chi connectivity index (χ2n) is 6.46. The van der Waals surface area contributed by atoms with Crippen LogP contribution >= 0.6 is 0 Å². The predicted octanol–water partition coefficient (Wildman–Crippen LogP) is 3.56. The Hall–Kier alpha value is -0.0800. The van der Waals surface area contributed by atoms with Crippen LogP contribution in [0, 0.1) is 0 Å². The molecule has 1 saturated heterocycles. The van der Waals surface area contributed by atoms with Gasteiger partial charge in [-0.3, -0.25) is 0 Å². The highest BCUT2D eigenvalue weighted by Gasteiger charge is 2.35. The summed E-state index contributed by atoms with van der Waals surface area (Å²) < 4.78 is 0. The quantitative estimate of drug-likeness (QED) is 0.727. The maximum Gasteiger partial charge on any atom is 0.0308 e. The number of unbranched alkanes of at least 4 members (excludes halogenated alkanes) is 4. The summed E-state index contributed by atoms with van der Waals surface area (Å²) in [6.45, 7) is 7.52. The van der Waals surface area contributed by atoms with Gasteiger partial charge in [-0.2, -0.15) is 0 Å². The summed E-state index contributed by atoms with van der Waals surface area (Å²) in [5.74, 6) is 0. The van der Waals surface area contributed by atoms with Gasteiger partial charge < -0.3 is 10.2 Å². The summed E-state index contributed by atoms with van der Waals surface area (Å²) in [5.41, 5.74) is 0.500. The third-order valence-corrected chi connectivity index (χ3v) is 4.82. The minimum Gasteiger partial charge on any atom is -0.310 e. The Morgan fingerprint density at radius 2 is 1.78 bits per heavy atom. The lowest BCUT2D eigenvalue weighted by Gasteiger charge is -2.33. The normalized spacial score (nSPS) is 24.5. The van der Waals surface area contributed by atoms with Crippen molar-refractivity contribution in [2.24, 2.45) is 0 Å². The molecule has 2 heteroatoms. The molecule has 2 aliphatic rings. The van der Waals surface area contributed by atoms with E-state index in [1.165, 1.54) is 90.4 Å². The van der Waals surface area contributed by atoms with E-state index in [1.807, 2.05) is 0 Å². The van der Waals surface area contributed by atoms with Crippen LogP contribution in [0.1, 0.15) is 71.1 Å². The van der Waals surface area contributed by atoms with Crippen LogP contribution in [0.15, 0.2) is 0 Å². The van der Waals surface area contributed by atoms with Gasteiger partial charge in [-0.15, -0.1) is 0 Å². The van der Waals surface area contributed by atoms with E-state index >= 15 is 0 Å². The topological polar surface area (TPSA) is 15.3 Å². The van der Waals surface area contributed by atoms with Crippen LogP contribution in [0.3, 0.4) is 0 Å². The number of hydrogen-bond donors (Lipinski definition) is 1. The summed E-state index contributed by atoms with van der Waals surface area (Å²) in [6.07, 6.45) is 14.1. The highest BCUT2D eigenvalue weighted by Crippen LogP contribution is 2.31. The first-order valence-corrected chi connectivity index (χ1v) is 8.32. The van der Waals surface area contributed by atoms with Crippen molar-refractivity contribution in [2.75, 3.05) is 26.2 Å². The van der Waals surface area contributed by atoms with E-state index in [-0.39, 0.29) is 0 Å². The molecule has 2 fully saturated rings. The molecule has 0 atom stereocenters. The van der Waals surface area contributed by atoms with Crippen LogP contribution in [-0.2, 0) is 0 Å². The lowest BCUT2D eigenvalue weighted by Crippen LogP contribution is -2.49. The number of nitrogens with zero attached hydrogens (tertiary/aromatic N) is 1. The van der Waals surface area contributed by atoms with Gasteiger partial charge >= 0.3 is 0 Å². The molecule has 0 radical (unpaired) electrons. The lowest BCUT2D eigenvalue weighted by atomic mass is 9.97. The van der Waals surface area contributed by atoms with E-state index in [4.69, 9.17) is 0 Å². The van der Waals surface area contributed by atoms with E-state index in [9.17, 15) is 0 Å². The Morgan fingerprint density at radius 1 is 1.00 bits per heavy atom. The van der Waals surface area contributed by atoms with Crippen LogP contribution < -0.4 is 5.32 Å². The van der Waals surface area contributed by atoms with Gasteiger partial charge in [-0.25, -0.2) is 0 Å². The van der Waals surface area contributed by atoms with E-state index in [0.717, 1.165) is 0 Å². The van der Waals surface area contributed by atoms with Crippen LogP contribution in [0.4, 0.5) is 0 Å². The Labute approximate surface area is 114 Å². The van der Waals surface area contributed by atoms with Crippen molar-refractivity contribution in [3.05, 3.63) is 0 Å². The fraction of sp³-hybridized carbons (Fsp3) is 1.00. The van der Waals surface area contributed by atoms with Crippen molar-refractivity contribution in [3.63, 3.8) is 0 Å². The van der Waals surface area contributed by atoms with Gasteiger partial charge in [-0.05, 0) is 45.3 Å². The Morgan fingerprint density at radius 3 is 2.56 bits per heavy atom. The SMILES string of the molecule is CCCCCCCN1CCCNC2(CCCC2)C1. The van der Waals surface area contributed by atoms with Crippen molar-refractivity contribution in [3.8, 4) is 0 Å². The fourth-order valence-corrected chi connectivity index (χ4v) is 3.74. The van der Waals surface area contributed by atoms with Gasteiger partial charge in [0.05, 0.1) is 0 Å². The van der Waals surface area contributed by atoms with Crippen molar-refractivity contribution < 1.29 is 0 Å². The maximum absolute atomic E-state index is 3.86. The Balaban J connectivity index is 1.70. The number of rotatable bonds is 6. The minimum atomic E-state index is 0.500. The first-order chi connectivity index (χ1) is 8.85. The van der Waals surface area contributed by atoms with Crippen molar-refractivity contribution in [2.45, 2.75) is 76.7 Å². The standard InChI is InChI=1S/C16H32N2/c1-2-3-4-5-8-13-18-14-9-12-17-16(15-18)10-6-7-11-16/h17H,2-15H2,1H3. The third kappa shape index (κ3) is 4.24. The molecule has 1 N–H and O–H groups in total. The first kappa shape index (κ1) is 14.3. The summed E-state index contributed by atoms with van der Waals surface area (Å²) in [6, 6.07) is 0. The van der Waals surface area contributed by atoms with E-state index in [1.54, 1.807) is 0 Å². The molecular formula is C16H32N2. The van der Waals surface area contributed by atoms with Gasteiger partial charge in [0.15, 0.2) is 0 Å². The molecule has 0 bridgehead atoms. The lowest BCUT2D eigenvalue weighted by molar-refractivity contribution is 0.206. The molecule has 0 unspecified atom stereocenters. The molecule has 1 saturated carbocycles. The van der Waals surface area contributed by atoms with Crippen molar-refractivity contribution in [1.29, 1.82) is 0 Å². The molecule has 18 heavy (non-hydrogen) atoms. The summed E-state index contributed by atoms with van der Waals surface area (Å²) >= 11 is 0. The zero-order chi connectivity index (χ0) is 12.7. The molecule has 1 aliphatic heterocycles. The van der Waals surface area contributed by atoms with Crippen LogP contribution in [0.2, 0.25) is 0 Å². The molecule has 0 aromatic rings. The summed E-state index contributed by atoms with van der Waals surface area (Å²) in [4.78, 5) is 2.75. The van der Waals surface area contributed by atoms with Gasteiger partial charge in [0.25, 0.3) is 0 Å². The highest BCUT2D eigenvalue weighted by molar-refractivity contribution is 4.96. The van der Waals surface area contributed by atoms with Gasteiger partial charge in [0.1, 0.15) is 0 Å². The molecular weight excluding hydrogens is 220 g/mol. The van der Waals surface area contributed by atoms with Gasteiger partial charge in [0, 0.05) is 12.1 Å². The molecule has 2 nitrogen and oxygen atoms in total. The third-order valence-electron chi connectivity index (χ3n) is 4.82. The minimum absolute atomic E-state index is 0.500. The molecule has 0 aromatic heterocycles. The number of nitrogens with one attached hydrogen (secondary N) is 1. The summed E-state index contributed by atoms with van der Waals surface area (Å²) in [5, 5.41) is 3.86. The molecule has 1 spiro atoms. The van der Waals surface area contributed by atoms with Crippen LogP contribution in [-0.4, -0.2) is 36.6 Å². The second-order valence-corrected chi connectivity index (χ2v) is 6.46. The zero-order valence-electron chi connectivity index (χ0n) is 12.3. The monoisotopic (exact) mass is 252 g/mol. The fourth-order valence-electron chi connectivity index (χ4n) is 3.74. The predicted molar refractivity (Wildman–Crippen MR) is 79.0 cm³/mol. The van der Waals surface area contributed by atoms with Crippen molar-refractivity contribution >= 4 is 0 Å². The van der Waals surface area contributed by atoms with E-state index < -0.39 is 0 Å². The van der Waals surface area contributed by atoms with E-state index in [0.29, 0.717) is 5.54 Å². The molecule has 1 aliphatic carbocycles. The highest BCUT2D eigenvalue weighted by atomic mass is 15.2. The molecule has 0 amide bonds. The summed E-state index contributed by atoms with van der Waals surface area (Å²) in [7, 11) is 0. The zero-order valence-corrected chi connectivity index (χ0v) is 12.3. The maximum atomic E-state index is 3.86. The Kier molecular flexibility index (Phi) is 5.97. The molecule has 0 aromatic carbocycles. The smallest absolute Gasteiger partial charge is 0.0308 e.